The second kappa shape index (κ2) is 5.54. The van der Waals surface area contributed by atoms with E-state index < -0.39 is 0 Å². The van der Waals surface area contributed by atoms with Crippen LogP contribution in [0.2, 0.25) is 0 Å². The molecule has 0 aliphatic carbocycles. The summed E-state index contributed by atoms with van der Waals surface area (Å²) >= 11 is 0. The molecule has 0 fully saturated rings. The molecule has 18 heavy (non-hydrogen) atoms. The molecule has 0 bridgehead atoms. The van der Waals surface area contributed by atoms with Gasteiger partial charge in [-0.15, -0.1) is 0 Å². The van der Waals surface area contributed by atoms with E-state index in [-0.39, 0.29) is 0 Å². The van der Waals surface area contributed by atoms with Crippen LogP contribution in [0.15, 0.2) is 43.0 Å². The molecule has 0 aromatic carbocycles. The van der Waals surface area contributed by atoms with Crippen LogP contribution in [-0.2, 0) is 0 Å². The van der Waals surface area contributed by atoms with Gasteiger partial charge in [0.25, 0.3) is 0 Å². The van der Waals surface area contributed by atoms with Crippen molar-refractivity contribution in [3.05, 3.63) is 54.6 Å². The summed E-state index contributed by atoms with van der Waals surface area (Å²) in [4.78, 5) is 7.36. The van der Waals surface area contributed by atoms with E-state index in [1.54, 1.807) is 6.08 Å². The van der Waals surface area contributed by atoms with Crippen LogP contribution in [0.25, 0.3) is 5.57 Å². The lowest BCUT2D eigenvalue weighted by atomic mass is 9.93. The number of H-pyrrole nitrogens is 1. The summed E-state index contributed by atoms with van der Waals surface area (Å²) in [5, 5.41) is 0. The summed E-state index contributed by atoms with van der Waals surface area (Å²) in [6.45, 7) is 17.8. The highest BCUT2D eigenvalue weighted by Gasteiger charge is 2.15. The van der Waals surface area contributed by atoms with Gasteiger partial charge in [0.05, 0.1) is 5.69 Å². The molecule has 0 aliphatic heterocycles. The van der Waals surface area contributed by atoms with E-state index in [0.29, 0.717) is 11.7 Å². The summed E-state index contributed by atoms with van der Waals surface area (Å²) in [7, 11) is 0. The van der Waals surface area contributed by atoms with Gasteiger partial charge in [0.1, 0.15) is 11.6 Å². The van der Waals surface area contributed by atoms with E-state index in [1.165, 1.54) is 0 Å². The summed E-state index contributed by atoms with van der Waals surface area (Å²) in [6, 6.07) is 0. The van der Waals surface area contributed by atoms with Crippen LogP contribution in [-0.4, -0.2) is 9.97 Å². The van der Waals surface area contributed by atoms with Crippen LogP contribution >= 0.6 is 0 Å². The molecule has 1 aromatic heterocycles. The minimum absolute atomic E-state index is 0.317. The summed E-state index contributed by atoms with van der Waals surface area (Å²) < 4.78 is 0. The number of hydrogen-bond acceptors (Lipinski definition) is 2. The third kappa shape index (κ3) is 3.00. The molecule has 3 N–H and O–H groups in total. The lowest BCUT2D eigenvalue weighted by Crippen LogP contribution is -2.00. The molecule has 0 atom stereocenters. The fourth-order valence-corrected chi connectivity index (χ4v) is 1.60. The zero-order chi connectivity index (χ0) is 13.9. The van der Waals surface area contributed by atoms with Crippen molar-refractivity contribution >= 4 is 11.4 Å². The van der Waals surface area contributed by atoms with Gasteiger partial charge >= 0.3 is 0 Å². The van der Waals surface area contributed by atoms with Crippen LogP contribution in [0.4, 0.5) is 5.82 Å². The average Bonchev–Trinajstić information content (AvgIpc) is 2.63. The third-order valence-corrected chi connectivity index (χ3v) is 2.75. The molecule has 3 nitrogen and oxygen atoms in total. The highest BCUT2D eigenvalue weighted by atomic mass is 15.0. The van der Waals surface area contributed by atoms with E-state index in [2.05, 4.69) is 43.6 Å². The first-order valence-electron chi connectivity index (χ1n) is 5.91. The fraction of sp³-hybridized carbons (Fsp3) is 0.267. The highest BCUT2D eigenvalue weighted by Crippen LogP contribution is 2.30. The highest BCUT2D eigenvalue weighted by molar-refractivity contribution is 5.83. The molecule has 1 aromatic rings. The number of allylic oxidation sites excluding steroid dienone is 5. The lowest BCUT2D eigenvalue weighted by Gasteiger charge is -2.14. The maximum atomic E-state index is 5.92. The molecule has 96 valence electrons. The first-order valence-corrected chi connectivity index (χ1v) is 5.91. The molecule has 1 rings (SSSR count). The van der Waals surface area contributed by atoms with Crippen molar-refractivity contribution < 1.29 is 0 Å². The van der Waals surface area contributed by atoms with Gasteiger partial charge < -0.3 is 10.7 Å². The number of rotatable bonds is 5. The Labute approximate surface area is 109 Å². The normalized spacial score (nSPS) is 11.7. The van der Waals surface area contributed by atoms with Gasteiger partial charge in [-0.05, 0) is 30.1 Å². The van der Waals surface area contributed by atoms with E-state index in [1.807, 2.05) is 13.0 Å². The number of hydrogen-bond donors (Lipinski definition) is 2. The zero-order valence-electron chi connectivity index (χ0n) is 11.4. The minimum Gasteiger partial charge on any atom is -0.382 e. The quantitative estimate of drug-likeness (QED) is 0.776. The zero-order valence-corrected chi connectivity index (χ0v) is 11.4. The van der Waals surface area contributed by atoms with Gasteiger partial charge in [-0.2, -0.15) is 0 Å². The van der Waals surface area contributed by atoms with E-state index in [9.17, 15) is 0 Å². The number of nitrogens with zero attached hydrogens (tertiary/aromatic N) is 1. The monoisotopic (exact) mass is 243 g/mol. The lowest BCUT2D eigenvalue weighted by molar-refractivity contribution is 0.799. The summed E-state index contributed by atoms with van der Waals surface area (Å²) in [5.74, 6) is 1.59. The average molecular weight is 243 g/mol. The van der Waals surface area contributed by atoms with Gasteiger partial charge in [-0.1, -0.05) is 39.7 Å². The molecule has 0 amide bonds. The van der Waals surface area contributed by atoms with Crippen molar-refractivity contribution in [3.8, 4) is 0 Å². The van der Waals surface area contributed by atoms with Crippen LogP contribution in [0, 0.1) is 12.8 Å². The number of aromatic nitrogens is 2. The van der Waals surface area contributed by atoms with E-state index in [4.69, 9.17) is 5.73 Å². The van der Waals surface area contributed by atoms with E-state index >= 15 is 0 Å². The van der Waals surface area contributed by atoms with Crippen LogP contribution in [0.1, 0.15) is 25.4 Å². The Morgan fingerprint density at radius 2 is 2.00 bits per heavy atom. The Balaban J connectivity index is 3.33. The summed E-state index contributed by atoms with van der Waals surface area (Å²) in [6.07, 6.45) is 3.63. The molecule has 0 saturated carbocycles. The van der Waals surface area contributed by atoms with Crippen LogP contribution < -0.4 is 5.73 Å². The molecule has 0 aliphatic rings. The second-order valence-corrected chi connectivity index (χ2v) is 4.60. The molecule has 0 radical (unpaired) electrons. The molecular formula is C15H21N3. The first kappa shape index (κ1) is 14.0. The number of nitrogens with two attached hydrogens (primary N) is 1. The number of nitrogen functional groups attached to an aromatic ring is 1. The van der Waals surface area contributed by atoms with Crippen molar-refractivity contribution in [1.82, 2.24) is 9.97 Å². The standard InChI is InChI=1S/C15H21N3/c1-7-10(4)8-13(11(5)9(2)3)14-15(16)18-12(6)17-14/h7-9H,1,4-5,16H2,2-3,6H3,(H,17,18)/b13-8-. The molecule has 0 saturated heterocycles. The smallest absolute Gasteiger partial charge is 0.149 e. The number of anilines is 1. The Bertz CT molecular complexity index is 516. The van der Waals surface area contributed by atoms with E-state index in [0.717, 1.165) is 28.2 Å². The Hall–Kier alpha value is -2.03. The van der Waals surface area contributed by atoms with Crippen molar-refractivity contribution in [2.75, 3.05) is 5.73 Å². The molecular weight excluding hydrogens is 222 g/mol. The van der Waals surface area contributed by atoms with Crippen molar-refractivity contribution in [3.63, 3.8) is 0 Å². The van der Waals surface area contributed by atoms with Gasteiger partial charge in [0.15, 0.2) is 0 Å². The maximum Gasteiger partial charge on any atom is 0.149 e. The van der Waals surface area contributed by atoms with Gasteiger partial charge in [-0.25, -0.2) is 4.98 Å². The Kier molecular flexibility index (Phi) is 4.32. The van der Waals surface area contributed by atoms with Crippen molar-refractivity contribution in [2.24, 2.45) is 5.92 Å². The predicted octanol–water partition coefficient (Wildman–Crippen LogP) is 3.64. The number of aryl methyl sites for hydroxylation is 1. The van der Waals surface area contributed by atoms with Gasteiger partial charge in [0.2, 0.25) is 0 Å². The second-order valence-electron chi connectivity index (χ2n) is 4.60. The molecule has 1 heterocycles. The van der Waals surface area contributed by atoms with Gasteiger partial charge in [0, 0.05) is 5.57 Å². The predicted molar refractivity (Wildman–Crippen MR) is 79.0 cm³/mol. The maximum absolute atomic E-state index is 5.92. The van der Waals surface area contributed by atoms with Crippen LogP contribution in [0.3, 0.4) is 0 Å². The number of aromatic amines is 1. The summed E-state index contributed by atoms with van der Waals surface area (Å²) in [5.41, 5.74) is 9.47. The molecule has 0 unspecified atom stereocenters. The SMILES string of the molecule is C=CC(=C)/C=C(/C(=C)C(C)C)c1[nH]c(C)nc1N. The van der Waals surface area contributed by atoms with Crippen molar-refractivity contribution in [2.45, 2.75) is 20.8 Å². The molecule has 0 spiro atoms. The number of nitrogens with one attached hydrogen (secondary N) is 1. The minimum atomic E-state index is 0.317. The first-order chi connectivity index (χ1) is 8.36. The topological polar surface area (TPSA) is 54.7 Å². The Morgan fingerprint density at radius 3 is 2.39 bits per heavy atom. The van der Waals surface area contributed by atoms with Crippen LogP contribution in [0.5, 0.6) is 0 Å². The Morgan fingerprint density at radius 1 is 1.39 bits per heavy atom. The van der Waals surface area contributed by atoms with Gasteiger partial charge in [-0.3, -0.25) is 0 Å². The molecule has 3 heteroatoms. The largest absolute Gasteiger partial charge is 0.382 e. The van der Waals surface area contributed by atoms with Crippen molar-refractivity contribution in [1.29, 1.82) is 0 Å². The number of imidazole rings is 1. The third-order valence-electron chi connectivity index (χ3n) is 2.75. The fourth-order valence-electron chi connectivity index (χ4n) is 1.60.